The van der Waals surface area contributed by atoms with E-state index in [0.717, 1.165) is 0 Å². The lowest BCUT2D eigenvalue weighted by molar-refractivity contribution is -0.120. The van der Waals surface area contributed by atoms with Crippen LogP contribution >= 0.6 is 23.2 Å². The van der Waals surface area contributed by atoms with Crippen LogP contribution in [0.25, 0.3) is 0 Å². The molecule has 0 saturated carbocycles. The molecule has 0 radical (unpaired) electrons. The number of amides is 3. The first-order valence-corrected chi connectivity index (χ1v) is 7.67. The molecular formula is C16H14Cl2N4O2. The van der Waals surface area contributed by atoms with Crippen LogP contribution in [0.15, 0.2) is 53.6 Å². The Morgan fingerprint density at radius 1 is 1.08 bits per heavy atom. The Labute approximate surface area is 148 Å². The molecule has 0 unspecified atom stereocenters. The molecule has 0 saturated heterocycles. The summed E-state index contributed by atoms with van der Waals surface area (Å²) in [7, 11) is 0. The summed E-state index contributed by atoms with van der Waals surface area (Å²) in [6.45, 7) is -0.230. The molecule has 3 N–H and O–H groups in total. The minimum atomic E-state index is -0.525. The molecule has 8 heteroatoms. The van der Waals surface area contributed by atoms with E-state index in [-0.39, 0.29) is 6.54 Å². The summed E-state index contributed by atoms with van der Waals surface area (Å²) in [6, 6.07) is 13.2. The van der Waals surface area contributed by atoms with Crippen LogP contribution in [0.2, 0.25) is 10.0 Å². The predicted octanol–water partition coefficient (Wildman–Crippen LogP) is 3.27. The number of nitrogens with zero attached hydrogens (tertiary/aromatic N) is 1. The third kappa shape index (κ3) is 5.91. The van der Waals surface area contributed by atoms with E-state index in [9.17, 15) is 9.59 Å². The van der Waals surface area contributed by atoms with Gasteiger partial charge in [-0.1, -0.05) is 47.5 Å². The van der Waals surface area contributed by atoms with Gasteiger partial charge in [-0.05, 0) is 24.3 Å². The average Bonchev–Trinajstić information content (AvgIpc) is 2.55. The minimum absolute atomic E-state index is 0.230. The highest BCUT2D eigenvalue weighted by Crippen LogP contribution is 2.14. The van der Waals surface area contributed by atoms with Crippen LogP contribution in [0, 0.1) is 0 Å². The quantitative estimate of drug-likeness (QED) is 0.561. The summed E-state index contributed by atoms with van der Waals surface area (Å²) in [5, 5.41) is 9.76. The fourth-order valence-corrected chi connectivity index (χ4v) is 2.07. The van der Waals surface area contributed by atoms with Gasteiger partial charge in [-0.2, -0.15) is 5.10 Å². The standard InChI is InChI=1S/C16H14Cl2N4O2/c17-12-5-3-6-13(8-12)21-16(24)19-10-15(23)22-20-9-11-4-1-2-7-14(11)18/h1-9H,10H2,(H,22,23)(H2,19,21,24). The lowest BCUT2D eigenvalue weighted by atomic mass is 10.2. The number of benzene rings is 2. The summed E-state index contributed by atoms with van der Waals surface area (Å²) in [5.41, 5.74) is 3.49. The van der Waals surface area contributed by atoms with Gasteiger partial charge in [0, 0.05) is 21.3 Å². The van der Waals surface area contributed by atoms with Crippen molar-refractivity contribution in [3.63, 3.8) is 0 Å². The van der Waals surface area contributed by atoms with E-state index in [1.165, 1.54) is 6.21 Å². The molecule has 0 aromatic heterocycles. The largest absolute Gasteiger partial charge is 0.329 e. The molecule has 2 aromatic carbocycles. The summed E-state index contributed by atoms with van der Waals surface area (Å²) in [4.78, 5) is 23.3. The number of nitrogens with one attached hydrogen (secondary N) is 3. The minimum Gasteiger partial charge on any atom is -0.329 e. The molecule has 2 aromatic rings. The summed E-state index contributed by atoms with van der Waals surface area (Å²) >= 11 is 11.8. The number of hydrazone groups is 1. The van der Waals surface area contributed by atoms with Crippen molar-refractivity contribution < 1.29 is 9.59 Å². The number of halogens is 2. The second kappa shape index (κ2) is 8.90. The molecule has 124 valence electrons. The highest BCUT2D eigenvalue weighted by Gasteiger charge is 2.05. The molecule has 0 aliphatic heterocycles. The van der Waals surface area contributed by atoms with Gasteiger partial charge in [0.1, 0.15) is 6.54 Å². The van der Waals surface area contributed by atoms with E-state index in [4.69, 9.17) is 23.2 Å². The van der Waals surface area contributed by atoms with Crippen LogP contribution in [0.5, 0.6) is 0 Å². The van der Waals surface area contributed by atoms with Crippen LogP contribution in [-0.4, -0.2) is 24.7 Å². The van der Waals surface area contributed by atoms with Crippen LogP contribution in [0.4, 0.5) is 10.5 Å². The van der Waals surface area contributed by atoms with Gasteiger partial charge < -0.3 is 10.6 Å². The normalized spacial score (nSPS) is 10.4. The van der Waals surface area contributed by atoms with E-state index in [2.05, 4.69) is 21.2 Å². The average molecular weight is 365 g/mol. The molecule has 3 amide bonds. The first kappa shape index (κ1) is 17.8. The molecule has 2 rings (SSSR count). The van der Waals surface area contributed by atoms with Gasteiger partial charge in [0.15, 0.2) is 0 Å². The zero-order valence-electron chi connectivity index (χ0n) is 12.4. The van der Waals surface area contributed by atoms with Crippen molar-refractivity contribution in [1.82, 2.24) is 10.7 Å². The molecule has 0 bridgehead atoms. The van der Waals surface area contributed by atoms with Gasteiger partial charge in [0.2, 0.25) is 0 Å². The van der Waals surface area contributed by atoms with Gasteiger partial charge in [0.05, 0.1) is 6.21 Å². The van der Waals surface area contributed by atoms with Crippen molar-refractivity contribution in [3.05, 3.63) is 64.1 Å². The predicted molar refractivity (Wildman–Crippen MR) is 95.7 cm³/mol. The number of hydrogen-bond donors (Lipinski definition) is 3. The monoisotopic (exact) mass is 364 g/mol. The van der Waals surface area contributed by atoms with Gasteiger partial charge in [-0.25, -0.2) is 10.2 Å². The maximum Gasteiger partial charge on any atom is 0.319 e. The summed E-state index contributed by atoms with van der Waals surface area (Å²) < 4.78 is 0. The number of hydrogen-bond acceptors (Lipinski definition) is 3. The van der Waals surface area contributed by atoms with Crippen LogP contribution in [0.1, 0.15) is 5.56 Å². The first-order chi connectivity index (χ1) is 11.5. The van der Waals surface area contributed by atoms with Crippen molar-refractivity contribution in [2.75, 3.05) is 11.9 Å². The first-order valence-electron chi connectivity index (χ1n) is 6.91. The maximum atomic E-state index is 11.7. The Hall–Kier alpha value is -2.57. The van der Waals surface area contributed by atoms with E-state index in [1.54, 1.807) is 48.5 Å². The highest BCUT2D eigenvalue weighted by atomic mass is 35.5. The van der Waals surface area contributed by atoms with Gasteiger partial charge >= 0.3 is 6.03 Å². The van der Waals surface area contributed by atoms with Crippen LogP contribution in [-0.2, 0) is 4.79 Å². The Morgan fingerprint density at radius 3 is 2.62 bits per heavy atom. The lowest BCUT2D eigenvalue weighted by Gasteiger charge is -2.07. The maximum absolute atomic E-state index is 11.7. The highest BCUT2D eigenvalue weighted by molar-refractivity contribution is 6.33. The molecule has 0 heterocycles. The Kier molecular flexibility index (Phi) is 6.60. The second-order valence-corrected chi connectivity index (χ2v) is 5.48. The number of carbonyl (C=O) groups excluding carboxylic acids is 2. The third-order valence-electron chi connectivity index (χ3n) is 2.79. The SMILES string of the molecule is O=C(CNC(=O)Nc1cccc(Cl)c1)NN=Cc1ccccc1Cl. The smallest absolute Gasteiger partial charge is 0.319 e. The molecular weight excluding hydrogens is 351 g/mol. The van der Waals surface area contributed by atoms with Crippen LogP contribution in [0.3, 0.4) is 0 Å². The van der Waals surface area contributed by atoms with Crippen molar-refractivity contribution in [3.8, 4) is 0 Å². The van der Waals surface area contributed by atoms with Gasteiger partial charge in [0.25, 0.3) is 5.91 Å². The second-order valence-electron chi connectivity index (χ2n) is 4.63. The van der Waals surface area contributed by atoms with Gasteiger partial charge in [-0.3, -0.25) is 4.79 Å². The number of rotatable bonds is 5. The third-order valence-corrected chi connectivity index (χ3v) is 3.37. The van der Waals surface area contributed by atoms with Crippen molar-refractivity contribution in [2.24, 2.45) is 5.10 Å². The zero-order valence-corrected chi connectivity index (χ0v) is 13.9. The van der Waals surface area contributed by atoms with E-state index in [1.807, 2.05) is 0 Å². The molecule has 24 heavy (non-hydrogen) atoms. The van der Waals surface area contributed by atoms with Crippen molar-refractivity contribution in [2.45, 2.75) is 0 Å². The molecule has 0 atom stereocenters. The van der Waals surface area contributed by atoms with E-state index >= 15 is 0 Å². The molecule has 6 nitrogen and oxygen atoms in total. The summed E-state index contributed by atoms with van der Waals surface area (Å²) in [6.07, 6.45) is 1.42. The summed E-state index contributed by atoms with van der Waals surface area (Å²) in [5.74, 6) is -0.473. The molecule has 0 aliphatic carbocycles. The molecule has 0 fully saturated rings. The Bertz CT molecular complexity index is 765. The Morgan fingerprint density at radius 2 is 1.88 bits per heavy atom. The Balaban J connectivity index is 1.75. The number of urea groups is 1. The van der Waals surface area contributed by atoms with Crippen molar-refractivity contribution >= 4 is 47.0 Å². The lowest BCUT2D eigenvalue weighted by Crippen LogP contribution is -2.37. The fourth-order valence-electron chi connectivity index (χ4n) is 1.70. The van der Waals surface area contributed by atoms with Crippen molar-refractivity contribution in [1.29, 1.82) is 0 Å². The topological polar surface area (TPSA) is 82.6 Å². The van der Waals surface area contributed by atoms with Crippen LogP contribution < -0.4 is 16.1 Å². The van der Waals surface area contributed by atoms with Gasteiger partial charge in [-0.15, -0.1) is 0 Å². The van der Waals surface area contributed by atoms with E-state index in [0.29, 0.717) is 21.3 Å². The number of carbonyl (C=O) groups is 2. The molecule has 0 aliphatic rings. The molecule has 0 spiro atoms. The number of anilines is 1. The fraction of sp³-hybridized carbons (Fsp3) is 0.0625. The van der Waals surface area contributed by atoms with E-state index < -0.39 is 11.9 Å². The zero-order chi connectivity index (χ0) is 17.4.